The van der Waals surface area contributed by atoms with Crippen molar-refractivity contribution >= 4 is 0 Å². The molecule has 0 aliphatic carbocycles. The quantitative estimate of drug-likeness (QED) is 0.618. The van der Waals surface area contributed by atoms with Crippen molar-refractivity contribution in [3.05, 3.63) is 0 Å². The molecule has 1 aliphatic heterocycles. The van der Waals surface area contributed by atoms with Crippen LogP contribution in [0.1, 0.15) is 52.4 Å². The van der Waals surface area contributed by atoms with Crippen LogP contribution in [-0.2, 0) is 4.74 Å². The summed E-state index contributed by atoms with van der Waals surface area (Å²) in [7, 11) is 1.86. The van der Waals surface area contributed by atoms with E-state index in [1.807, 2.05) is 7.11 Å². The third kappa shape index (κ3) is 7.28. The number of rotatable bonds is 10. The summed E-state index contributed by atoms with van der Waals surface area (Å²) in [6.45, 7) is 10.6. The molecule has 114 valence electrons. The molecule has 1 saturated heterocycles. The Hall–Kier alpha value is -0.120. The van der Waals surface area contributed by atoms with Crippen LogP contribution in [-0.4, -0.2) is 50.8 Å². The molecule has 1 N–H and O–H groups in total. The summed E-state index contributed by atoms with van der Waals surface area (Å²) in [5, 5.41) is 3.47. The summed E-state index contributed by atoms with van der Waals surface area (Å²) in [6, 6.07) is 0. The lowest BCUT2D eigenvalue weighted by molar-refractivity contribution is -0.00525. The molecule has 0 aromatic rings. The fourth-order valence-electron chi connectivity index (χ4n) is 2.85. The van der Waals surface area contributed by atoms with Crippen LogP contribution in [0.2, 0.25) is 0 Å². The first-order valence-electron chi connectivity index (χ1n) is 8.23. The number of hydrogen-bond donors (Lipinski definition) is 1. The summed E-state index contributed by atoms with van der Waals surface area (Å²) in [5.41, 5.74) is 0. The van der Waals surface area contributed by atoms with Crippen molar-refractivity contribution in [2.75, 3.05) is 39.8 Å². The third-order valence-electron chi connectivity index (χ3n) is 4.28. The number of ether oxygens (including phenoxy) is 1. The molecule has 1 fully saturated rings. The zero-order valence-electron chi connectivity index (χ0n) is 13.3. The van der Waals surface area contributed by atoms with Gasteiger partial charge in [0.05, 0.1) is 6.10 Å². The largest absolute Gasteiger partial charge is 0.380 e. The zero-order chi connectivity index (χ0) is 13.9. The van der Waals surface area contributed by atoms with E-state index in [0.717, 1.165) is 12.5 Å². The van der Waals surface area contributed by atoms with E-state index >= 15 is 0 Å². The van der Waals surface area contributed by atoms with Gasteiger partial charge in [-0.1, -0.05) is 26.7 Å². The molecule has 0 bridgehead atoms. The first-order valence-corrected chi connectivity index (χ1v) is 8.23. The minimum absolute atomic E-state index is 0.451. The topological polar surface area (TPSA) is 24.5 Å². The summed E-state index contributed by atoms with van der Waals surface area (Å²) in [6.07, 6.45) is 8.41. The van der Waals surface area contributed by atoms with Crippen molar-refractivity contribution < 1.29 is 4.74 Å². The molecule has 0 amide bonds. The van der Waals surface area contributed by atoms with Crippen molar-refractivity contribution in [1.29, 1.82) is 0 Å². The number of unbranched alkanes of at least 4 members (excludes halogenated alkanes) is 3. The molecular weight excluding hydrogens is 236 g/mol. The van der Waals surface area contributed by atoms with Crippen LogP contribution in [0.25, 0.3) is 0 Å². The van der Waals surface area contributed by atoms with Crippen LogP contribution in [0, 0.1) is 5.92 Å². The SMILES string of the molecule is CCCNCCCCCCN1CCC(C)C(OC)C1. The van der Waals surface area contributed by atoms with Gasteiger partial charge in [-0.05, 0) is 57.8 Å². The van der Waals surface area contributed by atoms with Gasteiger partial charge in [0, 0.05) is 13.7 Å². The molecule has 1 aliphatic rings. The Labute approximate surface area is 120 Å². The van der Waals surface area contributed by atoms with Crippen LogP contribution in [0.5, 0.6) is 0 Å². The van der Waals surface area contributed by atoms with Gasteiger partial charge >= 0.3 is 0 Å². The second kappa shape index (κ2) is 10.6. The number of likely N-dealkylation sites (tertiary alicyclic amines) is 1. The van der Waals surface area contributed by atoms with Crippen molar-refractivity contribution in [1.82, 2.24) is 10.2 Å². The normalized spacial score (nSPS) is 24.8. The molecular formula is C16H34N2O. The number of methoxy groups -OCH3 is 1. The van der Waals surface area contributed by atoms with Gasteiger partial charge in [0.25, 0.3) is 0 Å². The van der Waals surface area contributed by atoms with Crippen molar-refractivity contribution in [3.8, 4) is 0 Å². The molecule has 1 rings (SSSR count). The molecule has 3 heteroatoms. The molecule has 19 heavy (non-hydrogen) atoms. The molecule has 3 nitrogen and oxygen atoms in total. The number of hydrogen-bond acceptors (Lipinski definition) is 3. The second-order valence-electron chi connectivity index (χ2n) is 6.00. The van der Waals surface area contributed by atoms with Gasteiger partial charge in [-0.3, -0.25) is 0 Å². The number of piperidine rings is 1. The molecule has 0 aromatic heterocycles. The lowest BCUT2D eigenvalue weighted by Gasteiger charge is -2.36. The van der Waals surface area contributed by atoms with Gasteiger partial charge in [0.2, 0.25) is 0 Å². The van der Waals surface area contributed by atoms with Gasteiger partial charge in [0.15, 0.2) is 0 Å². The highest BCUT2D eigenvalue weighted by atomic mass is 16.5. The molecule has 0 aromatic carbocycles. The molecule has 1 heterocycles. The Morgan fingerprint density at radius 2 is 1.95 bits per heavy atom. The maximum atomic E-state index is 5.57. The average Bonchev–Trinajstić information content (AvgIpc) is 2.43. The van der Waals surface area contributed by atoms with E-state index in [1.165, 1.54) is 64.7 Å². The van der Waals surface area contributed by atoms with Crippen LogP contribution < -0.4 is 5.32 Å². The minimum Gasteiger partial charge on any atom is -0.380 e. The lowest BCUT2D eigenvalue weighted by Crippen LogP contribution is -2.44. The number of nitrogens with one attached hydrogen (secondary N) is 1. The summed E-state index contributed by atoms with van der Waals surface area (Å²) in [5.74, 6) is 0.728. The molecule has 0 saturated carbocycles. The second-order valence-corrected chi connectivity index (χ2v) is 6.00. The number of nitrogens with zero attached hydrogens (tertiary/aromatic N) is 1. The van der Waals surface area contributed by atoms with Crippen molar-refractivity contribution in [3.63, 3.8) is 0 Å². The molecule has 0 spiro atoms. The first kappa shape index (κ1) is 16.9. The van der Waals surface area contributed by atoms with E-state index in [9.17, 15) is 0 Å². The average molecular weight is 270 g/mol. The van der Waals surface area contributed by atoms with Crippen molar-refractivity contribution in [2.45, 2.75) is 58.5 Å². The highest BCUT2D eigenvalue weighted by Gasteiger charge is 2.25. The zero-order valence-corrected chi connectivity index (χ0v) is 13.3. The summed E-state index contributed by atoms with van der Waals surface area (Å²) in [4.78, 5) is 2.59. The monoisotopic (exact) mass is 270 g/mol. The first-order chi connectivity index (χ1) is 9.27. The fraction of sp³-hybridized carbons (Fsp3) is 1.00. The van der Waals surface area contributed by atoms with E-state index in [-0.39, 0.29) is 0 Å². The maximum Gasteiger partial charge on any atom is 0.0724 e. The van der Waals surface area contributed by atoms with Gasteiger partial charge in [0.1, 0.15) is 0 Å². The van der Waals surface area contributed by atoms with Gasteiger partial charge in [-0.15, -0.1) is 0 Å². The lowest BCUT2D eigenvalue weighted by atomic mass is 9.95. The van der Waals surface area contributed by atoms with Crippen LogP contribution >= 0.6 is 0 Å². The van der Waals surface area contributed by atoms with Crippen molar-refractivity contribution in [2.24, 2.45) is 5.92 Å². The molecule has 0 radical (unpaired) electrons. The summed E-state index contributed by atoms with van der Waals surface area (Å²) < 4.78 is 5.57. The third-order valence-corrected chi connectivity index (χ3v) is 4.28. The predicted molar refractivity (Wildman–Crippen MR) is 82.6 cm³/mol. The Morgan fingerprint density at radius 3 is 2.68 bits per heavy atom. The van der Waals surface area contributed by atoms with E-state index < -0.39 is 0 Å². The van der Waals surface area contributed by atoms with E-state index in [4.69, 9.17) is 4.74 Å². The van der Waals surface area contributed by atoms with E-state index in [1.54, 1.807) is 0 Å². The maximum absolute atomic E-state index is 5.57. The smallest absolute Gasteiger partial charge is 0.0724 e. The van der Waals surface area contributed by atoms with Gasteiger partial charge in [-0.2, -0.15) is 0 Å². The highest BCUT2D eigenvalue weighted by Crippen LogP contribution is 2.19. The Balaban J connectivity index is 1.95. The fourth-order valence-corrected chi connectivity index (χ4v) is 2.85. The van der Waals surface area contributed by atoms with Crippen LogP contribution in [0.4, 0.5) is 0 Å². The van der Waals surface area contributed by atoms with Crippen LogP contribution in [0.15, 0.2) is 0 Å². The van der Waals surface area contributed by atoms with E-state index in [2.05, 4.69) is 24.1 Å². The van der Waals surface area contributed by atoms with Gasteiger partial charge in [-0.25, -0.2) is 0 Å². The Kier molecular flexibility index (Phi) is 9.48. The summed E-state index contributed by atoms with van der Waals surface area (Å²) >= 11 is 0. The highest BCUT2D eigenvalue weighted by molar-refractivity contribution is 4.78. The Bertz CT molecular complexity index is 211. The van der Waals surface area contributed by atoms with E-state index in [0.29, 0.717) is 6.10 Å². The Morgan fingerprint density at radius 1 is 1.16 bits per heavy atom. The minimum atomic E-state index is 0.451. The molecule has 2 unspecified atom stereocenters. The van der Waals surface area contributed by atoms with Crippen LogP contribution in [0.3, 0.4) is 0 Å². The standard InChI is InChI=1S/C16H34N2O/c1-4-10-17-11-7-5-6-8-12-18-13-9-15(2)16(14-18)19-3/h15-17H,4-14H2,1-3H3. The predicted octanol–water partition coefficient (Wildman–Crippen LogP) is 2.90. The van der Waals surface area contributed by atoms with Gasteiger partial charge < -0.3 is 15.0 Å². The molecule has 2 atom stereocenters.